The minimum atomic E-state index is -0.769. The Bertz CT molecular complexity index is 1160. The van der Waals surface area contributed by atoms with E-state index in [0.717, 1.165) is 17.5 Å². The minimum Gasteiger partial charge on any atom is -0.378 e. The van der Waals surface area contributed by atoms with Gasteiger partial charge in [-0.05, 0) is 17.0 Å². The lowest BCUT2D eigenvalue weighted by Crippen LogP contribution is -2.61. The lowest BCUT2D eigenvalue weighted by atomic mass is 9.75. The maximum Gasteiger partial charge on any atom is 0.174 e. The zero-order chi connectivity index (χ0) is 29.3. The van der Waals surface area contributed by atoms with Crippen LogP contribution in [0.1, 0.15) is 44.7 Å². The normalized spacial score (nSPS) is 41.6. The summed E-state index contributed by atoms with van der Waals surface area (Å²) in [6.45, 7) is 12.2. The SMILES string of the molecule is C=C[C@@H]1O[C@@H]2[C@@H](C)[C@H](OCc3ccccc3)[C@@H]3O[C@]4(C[C@H](OCc5ccccc5)CO4)[C@@H](C)[C@H](C)[C@H]3O[C@H]2C[C@H]1OC. The minimum absolute atomic E-state index is 0.00171. The third-order valence-electron chi connectivity index (χ3n) is 10.0. The van der Waals surface area contributed by atoms with Crippen LogP contribution in [0, 0.1) is 17.8 Å². The number of benzene rings is 2. The lowest BCUT2D eigenvalue weighted by Gasteiger charge is -2.51. The van der Waals surface area contributed by atoms with E-state index in [0.29, 0.717) is 26.2 Å². The monoisotopic (exact) mass is 578 g/mol. The number of ether oxygens (including phenoxy) is 7. The van der Waals surface area contributed by atoms with Crippen LogP contribution in [-0.2, 0) is 46.4 Å². The van der Waals surface area contributed by atoms with Crippen LogP contribution in [0.4, 0.5) is 0 Å². The molecule has 0 unspecified atom stereocenters. The highest BCUT2D eigenvalue weighted by atomic mass is 16.7. The molecule has 4 aliphatic rings. The summed E-state index contributed by atoms with van der Waals surface area (Å²) in [5.41, 5.74) is 2.27. The summed E-state index contributed by atoms with van der Waals surface area (Å²) < 4.78 is 46.2. The average Bonchev–Trinajstić information content (AvgIpc) is 3.40. The molecule has 6 rings (SSSR count). The van der Waals surface area contributed by atoms with E-state index in [1.807, 2.05) is 42.5 Å². The zero-order valence-corrected chi connectivity index (χ0v) is 25.3. The van der Waals surface area contributed by atoms with Crippen LogP contribution in [0.25, 0.3) is 0 Å². The molecule has 12 atom stereocenters. The van der Waals surface area contributed by atoms with E-state index < -0.39 is 5.79 Å². The quantitative estimate of drug-likeness (QED) is 0.372. The number of hydrogen-bond acceptors (Lipinski definition) is 7. The summed E-state index contributed by atoms with van der Waals surface area (Å²) in [6, 6.07) is 20.6. The molecule has 2 aromatic carbocycles. The van der Waals surface area contributed by atoms with Crippen LogP contribution >= 0.6 is 0 Å². The summed E-state index contributed by atoms with van der Waals surface area (Å²) >= 11 is 0. The molecule has 0 N–H and O–H groups in total. The molecule has 4 fully saturated rings. The van der Waals surface area contributed by atoms with Gasteiger partial charge in [0.05, 0.1) is 56.4 Å². The maximum atomic E-state index is 7.11. The number of methoxy groups -OCH3 is 1. The highest BCUT2D eigenvalue weighted by Gasteiger charge is 2.61. The average molecular weight is 579 g/mol. The summed E-state index contributed by atoms with van der Waals surface area (Å²) in [6.07, 6.45) is 1.77. The molecule has 0 bridgehead atoms. The van der Waals surface area contributed by atoms with Crippen LogP contribution in [0.3, 0.4) is 0 Å². The molecular formula is C35H46O7. The van der Waals surface area contributed by atoms with E-state index in [4.69, 9.17) is 33.2 Å². The molecule has 0 saturated carbocycles. The summed E-state index contributed by atoms with van der Waals surface area (Å²) in [5, 5.41) is 0. The molecule has 0 amide bonds. The van der Waals surface area contributed by atoms with Crippen molar-refractivity contribution in [1.82, 2.24) is 0 Å². The lowest BCUT2D eigenvalue weighted by molar-refractivity contribution is -0.341. The van der Waals surface area contributed by atoms with Crippen molar-refractivity contribution in [2.45, 2.75) is 101 Å². The molecular weight excluding hydrogens is 532 g/mol. The van der Waals surface area contributed by atoms with Crippen molar-refractivity contribution < 1.29 is 33.2 Å². The van der Waals surface area contributed by atoms with Crippen molar-refractivity contribution in [2.24, 2.45) is 17.8 Å². The van der Waals surface area contributed by atoms with Gasteiger partial charge in [0.25, 0.3) is 0 Å². The first-order valence-corrected chi connectivity index (χ1v) is 15.5. The van der Waals surface area contributed by atoms with Gasteiger partial charge in [0.2, 0.25) is 0 Å². The molecule has 0 aromatic heterocycles. The van der Waals surface area contributed by atoms with E-state index in [9.17, 15) is 0 Å². The predicted molar refractivity (Wildman–Crippen MR) is 159 cm³/mol. The van der Waals surface area contributed by atoms with Gasteiger partial charge in [0.15, 0.2) is 5.79 Å². The Balaban J connectivity index is 1.26. The van der Waals surface area contributed by atoms with E-state index >= 15 is 0 Å². The molecule has 1 spiro atoms. The van der Waals surface area contributed by atoms with Gasteiger partial charge in [-0.3, -0.25) is 0 Å². The van der Waals surface area contributed by atoms with Crippen LogP contribution < -0.4 is 0 Å². The first-order chi connectivity index (χ1) is 20.4. The molecule has 0 radical (unpaired) electrons. The summed E-state index contributed by atoms with van der Waals surface area (Å²) in [7, 11) is 1.73. The topological polar surface area (TPSA) is 64.6 Å². The van der Waals surface area contributed by atoms with Crippen molar-refractivity contribution in [3.05, 3.63) is 84.4 Å². The maximum absolute atomic E-state index is 7.11. The summed E-state index contributed by atoms with van der Waals surface area (Å²) in [5.74, 6) is -0.523. The molecule has 42 heavy (non-hydrogen) atoms. The first-order valence-electron chi connectivity index (χ1n) is 15.5. The first kappa shape index (κ1) is 29.9. The smallest absolute Gasteiger partial charge is 0.174 e. The molecule has 0 aliphatic carbocycles. The molecule has 7 heteroatoms. The van der Waals surface area contributed by atoms with Crippen molar-refractivity contribution >= 4 is 0 Å². The third-order valence-corrected chi connectivity index (χ3v) is 10.0. The van der Waals surface area contributed by atoms with E-state index in [2.05, 4.69) is 51.6 Å². The molecule has 7 nitrogen and oxygen atoms in total. The van der Waals surface area contributed by atoms with Crippen molar-refractivity contribution in [3.8, 4) is 0 Å². The van der Waals surface area contributed by atoms with Gasteiger partial charge in [-0.15, -0.1) is 6.58 Å². The van der Waals surface area contributed by atoms with E-state index in [-0.39, 0.29) is 66.6 Å². The van der Waals surface area contributed by atoms with Gasteiger partial charge < -0.3 is 33.2 Å². The highest BCUT2D eigenvalue weighted by molar-refractivity contribution is 5.15. The van der Waals surface area contributed by atoms with Gasteiger partial charge in [-0.2, -0.15) is 0 Å². The van der Waals surface area contributed by atoms with Gasteiger partial charge >= 0.3 is 0 Å². The van der Waals surface area contributed by atoms with Crippen molar-refractivity contribution in [1.29, 1.82) is 0 Å². The van der Waals surface area contributed by atoms with Crippen LogP contribution in [0.2, 0.25) is 0 Å². The molecule has 4 heterocycles. The summed E-state index contributed by atoms with van der Waals surface area (Å²) in [4.78, 5) is 0. The molecule has 2 aromatic rings. The Morgan fingerprint density at radius 2 is 1.52 bits per heavy atom. The second-order valence-corrected chi connectivity index (χ2v) is 12.5. The zero-order valence-electron chi connectivity index (χ0n) is 25.3. The van der Waals surface area contributed by atoms with Crippen molar-refractivity contribution in [2.75, 3.05) is 13.7 Å². The van der Waals surface area contributed by atoms with Gasteiger partial charge in [0, 0.05) is 31.8 Å². The number of rotatable bonds is 8. The van der Waals surface area contributed by atoms with Crippen LogP contribution in [0.5, 0.6) is 0 Å². The largest absolute Gasteiger partial charge is 0.378 e. The van der Waals surface area contributed by atoms with Gasteiger partial charge in [-0.1, -0.05) is 87.5 Å². The van der Waals surface area contributed by atoms with E-state index in [1.54, 1.807) is 7.11 Å². The fourth-order valence-electron chi connectivity index (χ4n) is 7.40. The highest BCUT2D eigenvalue weighted by Crippen LogP contribution is 2.50. The standard InChI is InChI=1S/C35H46O7/c1-6-28-29(36-5)17-30-31(40-28)23(3)32(38-20-26-15-11-8-12-16-26)34-33(41-30)22(2)24(4)35(42-34)18-27(21-39-35)37-19-25-13-9-7-10-14-25/h6-16,22-24,27-34H,1,17-21H2,2-5H3/t22-,23+,24-,27-,28-,29+,30-,31+,32-,33+,34-,35+/m0/s1. The number of hydrogen-bond donors (Lipinski definition) is 0. The Kier molecular flexibility index (Phi) is 9.17. The molecule has 4 saturated heterocycles. The van der Waals surface area contributed by atoms with Crippen LogP contribution in [0.15, 0.2) is 73.3 Å². The Hall–Kier alpha value is -2.10. The molecule has 4 aliphatic heterocycles. The van der Waals surface area contributed by atoms with Crippen LogP contribution in [-0.4, -0.2) is 68.3 Å². The second-order valence-electron chi connectivity index (χ2n) is 12.5. The molecule has 228 valence electrons. The number of fused-ring (bicyclic) bond motifs is 2. The van der Waals surface area contributed by atoms with Gasteiger partial charge in [0.1, 0.15) is 12.2 Å². The van der Waals surface area contributed by atoms with E-state index in [1.165, 1.54) is 0 Å². The Labute approximate surface area is 250 Å². The van der Waals surface area contributed by atoms with Gasteiger partial charge in [-0.25, -0.2) is 0 Å². The fraction of sp³-hybridized carbons (Fsp3) is 0.600. The Morgan fingerprint density at radius 1 is 0.857 bits per heavy atom. The third kappa shape index (κ3) is 5.85. The predicted octanol–water partition coefficient (Wildman–Crippen LogP) is 5.71. The Morgan fingerprint density at radius 3 is 2.17 bits per heavy atom. The fourth-order valence-corrected chi connectivity index (χ4v) is 7.40. The second kappa shape index (κ2) is 12.9. The van der Waals surface area contributed by atoms with Crippen molar-refractivity contribution in [3.63, 3.8) is 0 Å².